The van der Waals surface area contributed by atoms with Gasteiger partial charge in [-0.2, -0.15) is 0 Å². The molecule has 0 saturated carbocycles. The van der Waals surface area contributed by atoms with Crippen LogP contribution in [0.4, 0.5) is 0 Å². The summed E-state index contributed by atoms with van der Waals surface area (Å²) in [5.41, 5.74) is 4.01. The van der Waals surface area contributed by atoms with Crippen LogP contribution >= 0.6 is 0 Å². The molecule has 1 heterocycles. The van der Waals surface area contributed by atoms with Gasteiger partial charge in [-0.1, -0.05) is 29.8 Å². The van der Waals surface area contributed by atoms with Gasteiger partial charge in [-0.05, 0) is 38.0 Å². The Bertz CT molecular complexity index is 499. The van der Waals surface area contributed by atoms with Gasteiger partial charge in [0, 0.05) is 31.5 Å². The first-order chi connectivity index (χ1) is 8.69. The maximum atomic E-state index is 3.57. The normalized spacial score (nSPS) is 12.6. The molecule has 0 saturated heterocycles. The predicted octanol–water partition coefficient (Wildman–Crippen LogP) is 3.67. The summed E-state index contributed by atoms with van der Waals surface area (Å²) in [4.78, 5) is 0. The molecule has 0 aliphatic heterocycles. The van der Waals surface area contributed by atoms with Crippen LogP contribution in [-0.2, 0) is 13.1 Å². The molecule has 0 fully saturated rings. The van der Waals surface area contributed by atoms with E-state index < -0.39 is 0 Å². The average Bonchev–Trinajstić information content (AvgIpc) is 2.84. The maximum absolute atomic E-state index is 3.57. The summed E-state index contributed by atoms with van der Waals surface area (Å²) in [5, 5.41) is 3.57. The fraction of sp³-hybridized carbons (Fsp3) is 0.375. The van der Waals surface area contributed by atoms with Crippen LogP contribution in [0.25, 0.3) is 0 Å². The Balaban J connectivity index is 1.93. The van der Waals surface area contributed by atoms with Gasteiger partial charge in [0.25, 0.3) is 0 Å². The van der Waals surface area contributed by atoms with Crippen molar-refractivity contribution in [2.75, 3.05) is 0 Å². The standard InChI is InChI=1S/C16H22N2/c1-4-18-9-8-15(12-18)11-17-14(3)16-7-5-6-13(2)10-16/h5-10,12,14,17H,4,11H2,1-3H3/t14-/m1/s1. The number of aromatic nitrogens is 1. The van der Waals surface area contributed by atoms with Crippen molar-refractivity contribution >= 4 is 0 Å². The zero-order valence-electron chi connectivity index (χ0n) is 11.5. The van der Waals surface area contributed by atoms with Gasteiger partial charge in [0.1, 0.15) is 0 Å². The number of aryl methyl sites for hydroxylation is 2. The highest BCUT2D eigenvalue weighted by Gasteiger charge is 2.05. The highest BCUT2D eigenvalue weighted by Crippen LogP contribution is 2.14. The van der Waals surface area contributed by atoms with Crippen LogP contribution in [0.2, 0.25) is 0 Å². The molecule has 2 nitrogen and oxygen atoms in total. The quantitative estimate of drug-likeness (QED) is 0.846. The van der Waals surface area contributed by atoms with Crippen LogP contribution in [0.1, 0.15) is 36.6 Å². The molecule has 0 spiro atoms. The van der Waals surface area contributed by atoms with E-state index in [9.17, 15) is 0 Å². The maximum Gasteiger partial charge on any atom is 0.0295 e. The first-order valence-electron chi connectivity index (χ1n) is 6.63. The number of hydrogen-bond donors (Lipinski definition) is 1. The van der Waals surface area contributed by atoms with E-state index in [1.165, 1.54) is 16.7 Å². The summed E-state index contributed by atoms with van der Waals surface area (Å²) in [6, 6.07) is 11.2. The molecule has 1 atom stereocenters. The van der Waals surface area contributed by atoms with E-state index in [2.05, 4.69) is 73.4 Å². The second-order valence-electron chi connectivity index (χ2n) is 4.87. The van der Waals surface area contributed by atoms with Gasteiger partial charge in [0.2, 0.25) is 0 Å². The summed E-state index contributed by atoms with van der Waals surface area (Å²) in [7, 11) is 0. The Morgan fingerprint density at radius 2 is 2.11 bits per heavy atom. The third-order valence-electron chi connectivity index (χ3n) is 3.33. The Morgan fingerprint density at radius 3 is 2.78 bits per heavy atom. The van der Waals surface area contributed by atoms with Crippen LogP contribution in [0.3, 0.4) is 0 Å². The van der Waals surface area contributed by atoms with Crippen molar-refractivity contribution in [2.24, 2.45) is 0 Å². The van der Waals surface area contributed by atoms with Crippen molar-refractivity contribution in [3.05, 3.63) is 59.4 Å². The third kappa shape index (κ3) is 3.23. The largest absolute Gasteiger partial charge is 0.354 e. The first-order valence-corrected chi connectivity index (χ1v) is 6.63. The van der Waals surface area contributed by atoms with E-state index in [1.54, 1.807) is 0 Å². The van der Waals surface area contributed by atoms with Gasteiger partial charge in [0.15, 0.2) is 0 Å². The van der Waals surface area contributed by atoms with E-state index >= 15 is 0 Å². The number of benzene rings is 1. The average molecular weight is 242 g/mol. The van der Waals surface area contributed by atoms with Crippen LogP contribution < -0.4 is 5.32 Å². The van der Waals surface area contributed by atoms with Crippen molar-refractivity contribution in [1.29, 1.82) is 0 Å². The van der Waals surface area contributed by atoms with Crippen LogP contribution in [0, 0.1) is 6.92 Å². The molecule has 18 heavy (non-hydrogen) atoms. The lowest BCUT2D eigenvalue weighted by atomic mass is 10.1. The summed E-state index contributed by atoms with van der Waals surface area (Å²) < 4.78 is 2.20. The topological polar surface area (TPSA) is 17.0 Å². The Kier molecular flexibility index (Phi) is 4.21. The van der Waals surface area contributed by atoms with Crippen molar-refractivity contribution in [3.8, 4) is 0 Å². The van der Waals surface area contributed by atoms with Gasteiger partial charge >= 0.3 is 0 Å². The molecule has 0 aliphatic carbocycles. The monoisotopic (exact) mass is 242 g/mol. The molecule has 0 aliphatic rings. The molecule has 0 radical (unpaired) electrons. The minimum absolute atomic E-state index is 0.384. The third-order valence-corrected chi connectivity index (χ3v) is 3.33. The van der Waals surface area contributed by atoms with Crippen molar-refractivity contribution < 1.29 is 0 Å². The van der Waals surface area contributed by atoms with Gasteiger partial charge in [-0.25, -0.2) is 0 Å². The van der Waals surface area contributed by atoms with Gasteiger partial charge < -0.3 is 9.88 Å². The van der Waals surface area contributed by atoms with E-state index in [0.717, 1.165) is 13.1 Å². The SMILES string of the molecule is CCn1ccc(CN[C@H](C)c2cccc(C)c2)c1. The molecule has 2 aromatic rings. The Hall–Kier alpha value is -1.54. The summed E-state index contributed by atoms with van der Waals surface area (Å²) in [6.07, 6.45) is 4.34. The number of nitrogens with one attached hydrogen (secondary N) is 1. The number of nitrogens with zero attached hydrogens (tertiary/aromatic N) is 1. The molecule has 96 valence electrons. The molecule has 1 aromatic heterocycles. The van der Waals surface area contributed by atoms with Gasteiger partial charge in [-0.15, -0.1) is 0 Å². The predicted molar refractivity (Wildman–Crippen MR) is 76.5 cm³/mol. The van der Waals surface area contributed by atoms with E-state index in [4.69, 9.17) is 0 Å². The molecule has 1 aromatic carbocycles. The lowest BCUT2D eigenvalue weighted by Gasteiger charge is -2.14. The highest BCUT2D eigenvalue weighted by molar-refractivity contribution is 5.24. The summed E-state index contributed by atoms with van der Waals surface area (Å²) >= 11 is 0. The fourth-order valence-electron chi connectivity index (χ4n) is 2.12. The van der Waals surface area contributed by atoms with Crippen LogP contribution in [0.15, 0.2) is 42.7 Å². The zero-order chi connectivity index (χ0) is 13.0. The molecular formula is C16H22N2. The van der Waals surface area contributed by atoms with Gasteiger partial charge in [0.05, 0.1) is 0 Å². The Labute approximate surface area is 110 Å². The van der Waals surface area contributed by atoms with Crippen LogP contribution in [0.5, 0.6) is 0 Å². The minimum Gasteiger partial charge on any atom is -0.354 e. The summed E-state index contributed by atoms with van der Waals surface area (Å²) in [5.74, 6) is 0. The van der Waals surface area contributed by atoms with E-state index in [0.29, 0.717) is 6.04 Å². The number of rotatable bonds is 5. The highest BCUT2D eigenvalue weighted by atomic mass is 14.9. The van der Waals surface area contributed by atoms with Crippen molar-refractivity contribution in [2.45, 2.75) is 39.9 Å². The van der Waals surface area contributed by atoms with E-state index in [-0.39, 0.29) is 0 Å². The molecule has 0 unspecified atom stereocenters. The molecule has 1 N–H and O–H groups in total. The zero-order valence-corrected chi connectivity index (χ0v) is 11.5. The lowest BCUT2D eigenvalue weighted by Crippen LogP contribution is -2.17. The molecule has 2 heteroatoms. The number of hydrogen-bond acceptors (Lipinski definition) is 1. The second kappa shape index (κ2) is 5.87. The molecule has 0 amide bonds. The summed E-state index contributed by atoms with van der Waals surface area (Å²) in [6.45, 7) is 8.46. The van der Waals surface area contributed by atoms with E-state index in [1.807, 2.05) is 0 Å². The molecular weight excluding hydrogens is 220 g/mol. The van der Waals surface area contributed by atoms with Gasteiger partial charge in [-0.3, -0.25) is 0 Å². The Morgan fingerprint density at radius 1 is 1.28 bits per heavy atom. The minimum atomic E-state index is 0.384. The smallest absolute Gasteiger partial charge is 0.0295 e. The first kappa shape index (κ1) is 12.9. The van der Waals surface area contributed by atoms with Crippen molar-refractivity contribution in [1.82, 2.24) is 9.88 Å². The molecule has 2 rings (SSSR count). The van der Waals surface area contributed by atoms with Crippen LogP contribution in [-0.4, -0.2) is 4.57 Å². The lowest BCUT2D eigenvalue weighted by molar-refractivity contribution is 0.573. The second-order valence-corrected chi connectivity index (χ2v) is 4.87. The fourth-order valence-corrected chi connectivity index (χ4v) is 2.12. The molecule has 0 bridgehead atoms. The van der Waals surface area contributed by atoms with Crippen molar-refractivity contribution in [3.63, 3.8) is 0 Å².